The van der Waals surface area contributed by atoms with Gasteiger partial charge in [0, 0.05) is 32.3 Å². The van der Waals surface area contributed by atoms with E-state index in [1.165, 1.54) is 0 Å². The largest absolute Gasteiger partial charge is 0.421 e. The van der Waals surface area contributed by atoms with Crippen LogP contribution >= 0.6 is 0 Å². The van der Waals surface area contributed by atoms with Gasteiger partial charge in [0.25, 0.3) is 11.4 Å². The second-order valence-electron chi connectivity index (χ2n) is 8.99. The van der Waals surface area contributed by atoms with Gasteiger partial charge in [0.2, 0.25) is 5.89 Å². The SMILES string of the molecule is Cc1nnc(-c2cnc(Nc3ccc4c(=O)n(C)n(C(C)C)c4n3)cc2N[C@H](CO)c2ccccc2)o1. The third kappa shape index (κ3) is 4.68. The van der Waals surface area contributed by atoms with Crippen molar-refractivity contribution in [2.75, 3.05) is 17.2 Å². The summed E-state index contributed by atoms with van der Waals surface area (Å²) in [6, 6.07) is 14.6. The number of aliphatic hydroxyl groups is 1. The number of aliphatic hydroxyl groups excluding tert-OH is 1. The van der Waals surface area contributed by atoms with Crippen LogP contribution < -0.4 is 16.2 Å². The van der Waals surface area contributed by atoms with E-state index in [1.54, 1.807) is 43.0 Å². The first kappa shape index (κ1) is 24.2. The van der Waals surface area contributed by atoms with E-state index in [0.29, 0.717) is 45.7 Å². The minimum atomic E-state index is -0.376. The standard InChI is InChI=1S/C26H28N8O3/c1-15(2)34-24-18(26(36)33(34)4)10-11-22(30-24)29-23-12-20(19(13-27-23)25-32-31-16(3)37-25)28-21(14-35)17-8-6-5-7-9-17/h5-13,15,21,35H,14H2,1-4H3,(H2,27,28,29,30)/t21-/m1/s1. The third-order valence-corrected chi connectivity index (χ3v) is 6.06. The summed E-state index contributed by atoms with van der Waals surface area (Å²) in [5, 5.41) is 25.4. The maximum absolute atomic E-state index is 12.6. The first-order valence-electron chi connectivity index (χ1n) is 11.9. The van der Waals surface area contributed by atoms with E-state index in [-0.39, 0.29) is 24.2 Å². The molecule has 0 amide bonds. The zero-order valence-electron chi connectivity index (χ0n) is 21.0. The van der Waals surface area contributed by atoms with Crippen LogP contribution in [0.2, 0.25) is 0 Å². The summed E-state index contributed by atoms with van der Waals surface area (Å²) in [5.41, 5.74) is 2.66. The van der Waals surface area contributed by atoms with Crippen molar-refractivity contribution in [2.24, 2.45) is 7.05 Å². The van der Waals surface area contributed by atoms with Crippen molar-refractivity contribution in [1.29, 1.82) is 0 Å². The van der Waals surface area contributed by atoms with Crippen LogP contribution in [-0.2, 0) is 7.05 Å². The van der Waals surface area contributed by atoms with Crippen molar-refractivity contribution in [1.82, 2.24) is 29.5 Å². The first-order chi connectivity index (χ1) is 17.9. The number of benzene rings is 1. The Morgan fingerprint density at radius 2 is 1.86 bits per heavy atom. The highest BCUT2D eigenvalue weighted by Gasteiger charge is 2.19. The lowest BCUT2D eigenvalue weighted by molar-refractivity contribution is 0.276. The molecule has 0 aliphatic rings. The van der Waals surface area contributed by atoms with Crippen LogP contribution in [0.1, 0.15) is 37.4 Å². The minimum Gasteiger partial charge on any atom is -0.421 e. The molecule has 0 bridgehead atoms. The average Bonchev–Trinajstić information content (AvgIpc) is 3.43. The highest BCUT2D eigenvalue weighted by atomic mass is 16.4. The predicted octanol–water partition coefficient (Wildman–Crippen LogP) is 3.96. The molecule has 4 heterocycles. The van der Waals surface area contributed by atoms with Crippen molar-refractivity contribution in [2.45, 2.75) is 32.9 Å². The van der Waals surface area contributed by atoms with Crippen LogP contribution in [0.4, 0.5) is 17.3 Å². The van der Waals surface area contributed by atoms with E-state index in [9.17, 15) is 9.90 Å². The zero-order valence-corrected chi connectivity index (χ0v) is 21.0. The number of anilines is 3. The van der Waals surface area contributed by atoms with Crippen LogP contribution in [0.25, 0.3) is 22.5 Å². The molecule has 0 aliphatic heterocycles. The van der Waals surface area contributed by atoms with E-state index >= 15 is 0 Å². The molecule has 11 heteroatoms. The Bertz CT molecular complexity index is 1600. The van der Waals surface area contributed by atoms with Gasteiger partial charge in [0.05, 0.1) is 29.3 Å². The molecule has 0 saturated heterocycles. The topological polar surface area (TPSA) is 136 Å². The molecule has 0 radical (unpaired) electrons. The lowest BCUT2D eigenvalue weighted by atomic mass is 10.1. The molecule has 190 valence electrons. The molecule has 5 aromatic rings. The molecule has 4 aromatic heterocycles. The zero-order chi connectivity index (χ0) is 26.1. The summed E-state index contributed by atoms with van der Waals surface area (Å²) >= 11 is 0. The molecule has 0 unspecified atom stereocenters. The predicted molar refractivity (Wildman–Crippen MR) is 141 cm³/mol. The van der Waals surface area contributed by atoms with E-state index in [0.717, 1.165) is 5.56 Å². The van der Waals surface area contributed by atoms with Gasteiger partial charge in [-0.1, -0.05) is 30.3 Å². The van der Waals surface area contributed by atoms with E-state index in [2.05, 4.69) is 25.8 Å². The number of hydrogen-bond donors (Lipinski definition) is 3. The molecule has 0 spiro atoms. The molecule has 37 heavy (non-hydrogen) atoms. The van der Waals surface area contributed by atoms with Crippen molar-refractivity contribution in [3.05, 3.63) is 76.5 Å². The van der Waals surface area contributed by atoms with Crippen LogP contribution in [0.15, 0.2) is 63.9 Å². The fourth-order valence-electron chi connectivity index (χ4n) is 4.32. The maximum atomic E-state index is 12.6. The van der Waals surface area contributed by atoms with Crippen molar-refractivity contribution in [3.8, 4) is 11.5 Å². The smallest absolute Gasteiger partial charge is 0.275 e. The van der Waals surface area contributed by atoms with E-state index in [1.807, 2.05) is 48.9 Å². The van der Waals surface area contributed by atoms with Gasteiger partial charge in [-0.05, 0) is 31.5 Å². The fraction of sp³-hybridized carbons (Fsp3) is 0.269. The minimum absolute atomic E-state index is 0.0532. The normalized spacial score (nSPS) is 12.3. The Morgan fingerprint density at radius 3 is 2.54 bits per heavy atom. The second kappa shape index (κ2) is 9.86. The van der Waals surface area contributed by atoms with Gasteiger partial charge in [0.15, 0.2) is 5.65 Å². The summed E-state index contributed by atoms with van der Waals surface area (Å²) in [5.74, 6) is 1.79. The van der Waals surface area contributed by atoms with Gasteiger partial charge in [-0.2, -0.15) is 0 Å². The molecule has 0 saturated carbocycles. The summed E-state index contributed by atoms with van der Waals surface area (Å²) in [6.45, 7) is 5.59. The monoisotopic (exact) mass is 500 g/mol. The van der Waals surface area contributed by atoms with Crippen molar-refractivity contribution >= 4 is 28.4 Å². The summed E-state index contributed by atoms with van der Waals surface area (Å²) in [4.78, 5) is 21.8. The third-order valence-electron chi connectivity index (χ3n) is 6.06. The van der Waals surface area contributed by atoms with Crippen LogP contribution in [0.5, 0.6) is 0 Å². The molecule has 3 N–H and O–H groups in total. The molecule has 1 aromatic carbocycles. The van der Waals surface area contributed by atoms with Crippen LogP contribution in [-0.4, -0.2) is 41.2 Å². The second-order valence-corrected chi connectivity index (χ2v) is 8.99. The molecule has 5 rings (SSSR count). The van der Waals surface area contributed by atoms with Gasteiger partial charge >= 0.3 is 0 Å². The van der Waals surface area contributed by atoms with Crippen LogP contribution in [0, 0.1) is 6.92 Å². The summed E-state index contributed by atoms with van der Waals surface area (Å²) in [7, 11) is 1.74. The molecular formula is C26H28N8O3. The molecule has 11 nitrogen and oxygen atoms in total. The number of nitrogens with one attached hydrogen (secondary N) is 2. The number of hydrogen-bond acceptors (Lipinski definition) is 9. The van der Waals surface area contributed by atoms with Gasteiger partial charge < -0.3 is 20.2 Å². The molecule has 0 aliphatic carbocycles. The average molecular weight is 501 g/mol. The van der Waals surface area contributed by atoms with Gasteiger partial charge in [-0.25, -0.2) is 9.97 Å². The van der Waals surface area contributed by atoms with Gasteiger partial charge in [-0.15, -0.1) is 10.2 Å². The lowest BCUT2D eigenvalue weighted by Crippen LogP contribution is -2.20. The fourth-order valence-corrected chi connectivity index (χ4v) is 4.32. The maximum Gasteiger partial charge on any atom is 0.275 e. The summed E-state index contributed by atoms with van der Waals surface area (Å²) < 4.78 is 9.09. The van der Waals surface area contributed by atoms with Crippen molar-refractivity contribution in [3.63, 3.8) is 0 Å². The molecule has 0 fully saturated rings. The van der Waals surface area contributed by atoms with Gasteiger partial charge in [-0.3, -0.25) is 14.2 Å². The number of aryl methyl sites for hydroxylation is 1. The van der Waals surface area contributed by atoms with E-state index < -0.39 is 0 Å². The lowest BCUT2D eigenvalue weighted by Gasteiger charge is -2.20. The number of pyridine rings is 2. The van der Waals surface area contributed by atoms with Crippen LogP contribution in [0.3, 0.4) is 0 Å². The molecular weight excluding hydrogens is 472 g/mol. The highest BCUT2D eigenvalue weighted by molar-refractivity contribution is 5.79. The highest BCUT2D eigenvalue weighted by Crippen LogP contribution is 2.32. The Morgan fingerprint density at radius 1 is 1.08 bits per heavy atom. The number of aromatic nitrogens is 6. The Hall–Kier alpha value is -4.51. The Balaban J connectivity index is 1.53. The number of rotatable bonds is 8. The quantitative estimate of drug-likeness (QED) is 0.289. The number of fused-ring (bicyclic) bond motifs is 1. The Labute approximate surface area is 212 Å². The summed E-state index contributed by atoms with van der Waals surface area (Å²) in [6.07, 6.45) is 1.63. The van der Waals surface area contributed by atoms with E-state index in [4.69, 9.17) is 9.40 Å². The van der Waals surface area contributed by atoms with Gasteiger partial charge in [0.1, 0.15) is 11.6 Å². The number of nitrogens with zero attached hydrogens (tertiary/aromatic N) is 6. The molecule has 1 atom stereocenters. The van der Waals surface area contributed by atoms with Crippen molar-refractivity contribution < 1.29 is 9.52 Å². The Kier molecular flexibility index (Phi) is 6.45. The first-order valence-corrected chi connectivity index (χ1v) is 11.9.